The molecule has 0 aliphatic carbocycles. The third kappa shape index (κ3) is 4.55. The van der Waals surface area contributed by atoms with Crippen molar-refractivity contribution < 1.29 is 9.53 Å². The van der Waals surface area contributed by atoms with Gasteiger partial charge >= 0.3 is 5.97 Å². The van der Waals surface area contributed by atoms with Crippen LogP contribution in [0.1, 0.15) is 31.2 Å². The lowest BCUT2D eigenvalue weighted by Gasteiger charge is -2.33. The zero-order chi connectivity index (χ0) is 15.1. The lowest BCUT2D eigenvalue weighted by molar-refractivity contribution is -0.149. The number of likely N-dealkylation sites (tertiary alicyclic amines) is 1. The molecule has 2 N–H and O–H groups in total. The second-order valence-corrected chi connectivity index (χ2v) is 5.67. The molecule has 2 rings (SSSR count). The number of hydrogen-bond donors (Lipinski definition) is 1. The monoisotopic (exact) mass is 290 g/mol. The van der Waals surface area contributed by atoms with E-state index >= 15 is 0 Å². The van der Waals surface area contributed by atoms with Crippen molar-refractivity contribution in [2.45, 2.75) is 25.7 Å². The maximum atomic E-state index is 11.7. The summed E-state index contributed by atoms with van der Waals surface area (Å²) < 4.78 is 5.11. The summed E-state index contributed by atoms with van der Waals surface area (Å²) in [5.74, 6) is 0.412. The fraction of sp³-hybridized carbons (Fsp3) is 0.588. The fourth-order valence-corrected chi connectivity index (χ4v) is 2.96. The van der Waals surface area contributed by atoms with Crippen molar-refractivity contribution in [2.75, 3.05) is 32.8 Å². The molecule has 1 unspecified atom stereocenters. The van der Waals surface area contributed by atoms with E-state index in [-0.39, 0.29) is 11.9 Å². The molecular formula is C17H26N2O2. The Labute approximate surface area is 127 Å². The highest BCUT2D eigenvalue weighted by atomic mass is 16.5. The minimum absolute atomic E-state index is 0.0319. The highest BCUT2D eigenvalue weighted by Crippen LogP contribution is 2.22. The predicted octanol–water partition coefficient (Wildman–Crippen LogP) is 2.00. The molecule has 1 saturated heterocycles. The number of ether oxygens (including phenoxy) is 1. The average Bonchev–Trinajstić information content (AvgIpc) is 2.54. The molecule has 1 heterocycles. The van der Waals surface area contributed by atoms with Crippen LogP contribution in [0.25, 0.3) is 0 Å². The largest absolute Gasteiger partial charge is 0.466 e. The summed E-state index contributed by atoms with van der Waals surface area (Å²) in [5.41, 5.74) is 7.23. The number of hydrogen-bond acceptors (Lipinski definition) is 4. The van der Waals surface area contributed by atoms with E-state index in [1.54, 1.807) is 0 Å². The molecule has 0 amide bonds. The summed E-state index contributed by atoms with van der Waals surface area (Å²) in [6.45, 7) is 5.86. The number of esters is 1. The normalized spacial score (nSPS) is 18.4. The summed E-state index contributed by atoms with van der Waals surface area (Å²) in [6, 6.07) is 10.4. The van der Waals surface area contributed by atoms with Crippen LogP contribution in [0.2, 0.25) is 0 Å². The molecule has 1 aliphatic rings. The topological polar surface area (TPSA) is 55.6 Å². The summed E-state index contributed by atoms with van der Waals surface area (Å²) in [7, 11) is 0. The maximum Gasteiger partial charge on any atom is 0.309 e. The maximum absolute atomic E-state index is 11.7. The highest BCUT2D eigenvalue weighted by molar-refractivity contribution is 5.72. The van der Waals surface area contributed by atoms with Gasteiger partial charge in [0, 0.05) is 19.0 Å². The van der Waals surface area contributed by atoms with Gasteiger partial charge in [0.05, 0.1) is 12.5 Å². The smallest absolute Gasteiger partial charge is 0.309 e. The lowest BCUT2D eigenvalue weighted by Crippen LogP contribution is -2.40. The van der Waals surface area contributed by atoms with E-state index in [4.69, 9.17) is 10.5 Å². The number of piperidine rings is 1. The van der Waals surface area contributed by atoms with Crippen molar-refractivity contribution in [3.63, 3.8) is 0 Å². The molecule has 1 atom stereocenters. The van der Waals surface area contributed by atoms with Gasteiger partial charge in [-0.3, -0.25) is 4.79 Å². The van der Waals surface area contributed by atoms with Gasteiger partial charge in [-0.05, 0) is 38.4 Å². The van der Waals surface area contributed by atoms with Gasteiger partial charge in [0.1, 0.15) is 0 Å². The summed E-state index contributed by atoms with van der Waals surface area (Å²) in [6.07, 6.45) is 1.79. The lowest BCUT2D eigenvalue weighted by atomic mass is 9.94. The number of rotatable bonds is 6. The minimum atomic E-state index is -0.0319. The van der Waals surface area contributed by atoms with Crippen molar-refractivity contribution in [1.29, 1.82) is 0 Å². The van der Waals surface area contributed by atoms with Crippen molar-refractivity contribution in [1.82, 2.24) is 4.90 Å². The van der Waals surface area contributed by atoms with Crippen molar-refractivity contribution >= 4 is 5.97 Å². The van der Waals surface area contributed by atoms with Gasteiger partial charge in [-0.15, -0.1) is 0 Å². The first kappa shape index (κ1) is 16.0. The Morgan fingerprint density at radius 3 is 2.57 bits per heavy atom. The van der Waals surface area contributed by atoms with Crippen molar-refractivity contribution in [2.24, 2.45) is 11.7 Å². The first-order valence-electron chi connectivity index (χ1n) is 7.88. The van der Waals surface area contributed by atoms with E-state index in [0.717, 1.165) is 32.5 Å². The Kier molecular flexibility index (Phi) is 6.21. The zero-order valence-electron chi connectivity index (χ0n) is 12.8. The quantitative estimate of drug-likeness (QED) is 0.814. The van der Waals surface area contributed by atoms with Crippen molar-refractivity contribution in [3.8, 4) is 0 Å². The molecule has 0 bridgehead atoms. The molecular weight excluding hydrogens is 264 g/mol. The molecule has 1 fully saturated rings. The molecule has 21 heavy (non-hydrogen) atoms. The van der Waals surface area contributed by atoms with E-state index in [9.17, 15) is 4.79 Å². The van der Waals surface area contributed by atoms with Crippen LogP contribution in [-0.2, 0) is 9.53 Å². The Hall–Kier alpha value is -1.39. The van der Waals surface area contributed by atoms with Crippen LogP contribution >= 0.6 is 0 Å². The number of benzene rings is 1. The summed E-state index contributed by atoms with van der Waals surface area (Å²) >= 11 is 0. The van der Waals surface area contributed by atoms with Gasteiger partial charge in [0.15, 0.2) is 0 Å². The molecule has 0 aromatic heterocycles. The van der Waals surface area contributed by atoms with Gasteiger partial charge in [0.2, 0.25) is 0 Å². The Morgan fingerprint density at radius 1 is 1.33 bits per heavy atom. The number of carbonyl (C=O) groups is 1. The van der Waals surface area contributed by atoms with Crippen LogP contribution in [0.15, 0.2) is 30.3 Å². The van der Waals surface area contributed by atoms with Crippen LogP contribution in [0.4, 0.5) is 0 Å². The number of carbonyl (C=O) groups excluding carboxylic acids is 1. The van der Waals surface area contributed by atoms with Gasteiger partial charge in [-0.25, -0.2) is 0 Å². The standard InChI is InChI=1S/C17H26N2O2/c1-2-21-17(20)15-8-10-19(11-9-15)13-16(12-18)14-6-4-3-5-7-14/h3-7,15-16H,2,8-13,18H2,1H3. The van der Waals surface area contributed by atoms with Crippen LogP contribution in [0, 0.1) is 5.92 Å². The summed E-state index contributed by atoms with van der Waals surface area (Å²) in [5, 5.41) is 0. The SMILES string of the molecule is CCOC(=O)C1CCN(CC(CN)c2ccccc2)CC1. The zero-order valence-corrected chi connectivity index (χ0v) is 12.8. The van der Waals surface area contributed by atoms with Crippen LogP contribution < -0.4 is 5.73 Å². The van der Waals surface area contributed by atoms with E-state index in [1.807, 2.05) is 13.0 Å². The van der Waals surface area contributed by atoms with Crippen LogP contribution in [-0.4, -0.2) is 43.7 Å². The molecule has 4 nitrogen and oxygen atoms in total. The fourth-order valence-electron chi connectivity index (χ4n) is 2.96. The first-order chi connectivity index (χ1) is 10.2. The number of nitrogens with two attached hydrogens (primary N) is 1. The Balaban J connectivity index is 1.83. The Bertz CT molecular complexity index is 428. The third-order valence-corrected chi connectivity index (χ3v) is 4.24. The van der Waals surface area contributed by atoms with Gasteiger partial charge in [0.25, 0.3) is 0 Å². The molecule has 116 valence electrons. The van der Waals surface area contributed by atoms with E-state index in [2.05, 4.69) is 29.2 Å². The van der Waals surface area contributed by atoms with Gasteiger partial charge in [-0.1, -0.05) is 30.3 Å². The molecule has 0 radical (unpaired) electrons. The summed E-state index contributed by atoms with van der Waals surface area (Å²) in [4.78, 5) is 14.2. The highest BCUT2D eigenvalue weighted by Gasteiger charge is 2.27. The molecule has 0 spiro atoms. The predicted molar refractivity (Wildman–Crippen MR) is 84.0 cm³/mol. The molecule has 4 heteroatoms. The molecule has 1 aromatic rings. The minimum Gasteiger partial charge on any atom is -0.466 e. The average molecular weight is 290 g/mol. The number of nitrogens with zero attached hydrogens (tertiary/aromatic N) is 1. The third-order valence-electron chi connectivity index (χ3n) is 4.24. The molecule has 0 saturated carbocycles. The van der Waals surface area contributed by atoms with Gasteiger partial charge < -0.3 is 15.4 Å². The molecule has 1 aliphatic heterocycles. The second-order valence-electron chi connectivity index (χ2n) is 5.67. The van der Waals surface area contributed by atoms with E-state index in [0.29, 0.717) is 19.1 Å². The second kappa shape index (κ2) is 8.15. The first-order valence-corrected chi connectivity index (χ1v) is 7.88. The van der Waals surface area contributed by atoms with Crippen LogP contribution in [0.3, 0.4) is 0 Å². The molecule has 1 aromatic carbocycles. The van der Waals surface area contributed by atoms with E-state index in [1.165, 1.54) is 5.56 Å². The van der Waals surface area contributed by atoms with Gasteiger partial charge in [-0.2, -0.15) is 0 Å². The van der Waals surface area contributed by atoms with Crippen molar-refractivity contribution in [3.05, 3.63) is 35.9 Å². The Morgan fingerprint density at radius 2 is 2.00 bits per heavy atom. The van der Waals surface area contributed by atoms with Crippen LogP contribution in [0.5, 0.6) is 0 Å². The van der Waals surface area contributed by atoms with E-state index < -0.39 is 0 Å².